The van der Waals surface area contributed by atoms with Crippen molar-refractivity contribution in [1.82, 2.24) is 9.38 Å². The van der Waals surface area contributed by atoms with E-state index in [2.05, 4.69) is 4.98 Å². The number of imidazole rings is 1. The van der Waals surface area contributed by atoms with Gasteiger partial charge in [0.2, 0.25) is 0 Å². The van der Waals surface area contributed by atoms with Crippen LogP contribution in [-0.2, 0) is 0 Å². The van der Waals surface area contributed by atoms with Gasteiger partial charge in [-0.15, -0.1) is 0 Å². The molecule has 0 N–H and O–H groups in total. The summed E-state index contributed by atoms with van der Waals surface area (Å²) in [4.78, 5) is 3.77. The highest BCUT2D eigenvalue weighted by Crippen LogP contribution is 2.23. The zero-order chi connectivity index (χ0) is 10.1. The van der Waals surface area contributed by atoms with Crippen molar-refractivity contribution < 1.29 is 13.5 Å². The quantitative estimate of drug-likeness (QED) is 0.740. The number of halogens is 2. The van der Waals surface area contributed by atoms with Gasteiger partial charge in [-0.05, 0) is 12.1 Å². The van der Waals surface area contributed by atoms with E-state index in [0.29, 0.717) is 11.4 Å². The minimum absolute atomic E-state index is 0.241. The Balaban J connectivity index is 2.64. The van der Waals surface area contributed by atoms with Crippen molar-refractivity contribution in [3.05, 3.63) is 30.2 Å². The molecule has 0 fully saturated rings. The lowest BCUT2D eigenvalue weighted by Gasteiger charge is -1.99. The topological polar surface area (TPSA) is 26.5 Å². The normalized spacial score (nSPS) is 11.1. The zero-order valence-corrected chi connectivity index (χ0v) is 7.45. The molecular weight excluding hydrogens is 190 g/mol. The monoisotopic (exact) mass is 198 g/mol. The molecule has 14 heavy (non-hydrogen) atoms. The number of rotatable bonds is 2. The highest BCUT2D eigenvalue weighted by Gasteiger charge is 2.13. The lowest BCUT2D eigenvalue weighted by atomic mass is 10.4. The standard InChI is InChI=1S/C9H8F2N2O/c1-14-7-3-2-4-13-5-6(8(10)11)12-9(7)13/h2-5,8H,1H3. The van der Waals surface area contributed by atoms with Crippen LogP contribution in [0.3, 0.4) is 0 Å². The van der Waals surface area contributed by atoms with Crippen molar-refractivity contribution in [2.45, 2.75) is 6.43 Å². The Morgan fingerprint density at radius 2 is 2.29 bits per heavy atom. The predicted molar refractivity (Wildman–Crippen MR) is 46.7 cm³/mol. The summed E-state index contributed by atoms with van der Waals surface area (Å²) >= 11 is 0. The number of nitrogens with zero attached hydrogens (tertiary/aromatic N) is 2. The van der Waals surface area contributed by atoms with Crippen molar-refractivity contribution in [2.75, 3.05) is 7.11 Å². The summed E-state index contributed by atoms with van der Waals surface area (Å²) in [5.41, 5.74) is 0.166. The summed E-state index contributed by atoms with van der Waals surface area (Å²) < 4.78 is 31.2. The smallest absolute Gasteiger partial charge is 0.281 e. The molecule has 0 saturated carbocycles. The van der Waals surface area contributed by atoms with Crippen molar-refractivity contribution in [2.24, 2.45) is 0 Å². The lowest BCUT2D eigenvalue weighted by molar-refractivity contribution is 0.147. The highest BCUT2D eigenvalue weighted by atomic mass is 19.3. The Labute approximate surface area is 78.9 Å². The van der Waals surface area contributed by atoms with Gasteiger partial charge in [-0.1, -0.05) is 0 Å². The van der Waals surface area contributed by atoms with Gasteiger partial charge in [0.1, 0.15) is 5.69 Å². The van der Waals surface area contributed by atoms with Crippen LogP contribution in [0.2, 0.25) is 0 Å². The summed E-state index contributed by atoms with van der Waals surface area (Å²) in [6.45, 7) is 0. The van der Waals surface area contributed by atoms with Crippen LogP contribution in [0.5, 0.6) is 5.75 Å². The Kier molecular flexibility index (Phi) is 2.07. The zero-order valence-electron chi connectivity index (χ0n) is 7.45. The van der Waals surface area contributed by atoms with E-state index in [4.69, 9.17) is 4.74 Å². The maximum atomic E-state index is 12.3. The molecule has 2 aromatic heterocycles. The van der Waals surface area contributed by atoms with Crippen molar-refractivity contribution in [3.63, 3.8) is 0 Å². The summed E-state index contributed by atoms with van der Waals surface area (Å²) in [7, 11) is 1.48. The first-order chi connectivity index (χ1) is 6.72. The lowest BCUT2D eigenvalue weighted by Crippen LogP contribution is -1.88. The van der Waals surface area contributed by atoms with Gasteiger partial charge in [0.05, 0.1) is 7.11 Å². The molecule has 2 aromatic rings. The minimum Gasteiger partial charge on any atom is -0.493 e. The molecule has 2 heterocycles. The largest absolute Gasteiger partial charge is 0.493 e. The number of fused-ring (bicyclic) bond motifs is 1. The predicted octanol–water partition coefficient (Wildman–Crippen LogP) is 2.28. The van der Waals surface area contributed by atoms with E-state index < -0.39 is 6.43 Å². The molecule has 0 radical (unpaired) electrons. The molecular formula is C9H8F2N2O. The summed E-state index contributed by atoms with van der Waals surface area (Å²) in [6, 6.07) is 3.39. The summed E-state index contributed by atoms with van der Waals surface area (Å²) in [5.74, 6) is 0.486. The van der Waals surface area contributed by atoms with Crippen molar-refractivity contribution >= 4 is 5.65 Å². The molecule has 0 bridgehead atoms. The molecule has 0 aliphatic heterocycles. The fourth-order valence-electron chi connectivity index (χ4n) is 1.27. The van der Waals surface area contributed by atoms with E-state index in [9.17, 15) is 8.78 Å². The molecule has 0 aliphatic carbocycles. The fourth-order valence-corrected chi connectivity index (χ4v) is 1.27. The van der Waals surface area contributed by atoms with Gasteiger partial charge < -0.3 is 9.14 Å². The van der Waals surface area contributed by atoms with Crippen LogP contribution in [0, 0.1) is 0 Å². The van der Waals surface area contributed by atoms with Crippen molar-refractivity contribution in [1.29, 1.82) is 0 Å². The van der Waals surface area contributed by atoms with Crippen LogP contribution in [0.25, 0.3) is 5.65 Å². The van der Waals surface area contributed by atoms with Gasteiger partial charge in [0.15, 0.2) is 11.4 Å². The molecule has 0 saturated heterocycles. The number of methoxy groups -OCH3 is 1. The number of hydrogen-bond donors (Lipinski definition) is 0. The number of ether oxygens (including phenoxy) is 1. The van der Waals surface area contributed by atoms with Gasteiger partial charge in [-0.2, -0.15) is 0 Å². The highest BCUT2D eigenvalue weighted by molar-refractivity contribution is 5.54. The molecule has 3 nitrogen and oxygen atoms in total. The second-order valence-corrected chi connectivity index (χ2v) is 2.77. The van der Waals surface area contributed by atoms with E-state index in [-0.39, 0.29) is 5.69 Å². The summed E-state index contributed by atoms with van der Waals surface area (Å²) in [5, 5.41) is 0. The number of pyridine rings is 1. The van der Waals surface area contributed by atoms with E-state index in [1.165, 1.54) is 17.7 Å². The maximum absolute atomic E-state index is 12.3. The van der Waals surface area contributed by atoms with Crippen molar-refractivity contribution in [3.8, 4) is 5.75 Å². The minimum atomic E-state index is -2.56. The van der Waals surface area contributed by atoms with E-state index in [1.54, 1.807) is 18.3 Å². The van der Waals surface area contributed by atoms with Gasteiger partial charge in [-0.25, -0.2) is 13.8 Å². The third-order valence-corrected chi connectivity index (χ3v) is 1.91. The first kappa shape index (κ1) is 8.93. The Morgan fingerprint density at radius 3 is 2.93 bits per heavy atom. The second-order valence-electron chi connectivity index (χ2n) is 2.77. The van der Waals surface area contributed by atoms with E-state index in [1.807, 2.05) is 0 Å². The molecule has 0 amide bonds. The molecule has 0 atom stereocenters. The number of hydrogen-bond acceptors (Lipinski definition) is 2. The molecule has 74 valence electrons. The Morgan fingerprint density at radius 1 is 1.50 bits per heavy atom. The molecule has 0 spiro atoms. The first-order valence-electron chi connectivity index (χ1n) is 4.02. The second kappa shape index (κ2) is 3.25. The molecule has 2 rings (SSSR count). The van der Waals surface area contributed by atoms with Gasteiger partial charge >= 0.3 is 0 Å². The fraction of sp³-hybridized carbons (Fsp3) is 0.222. The average Bonchev–Trinajstić information content (AvgIpc) is 2.60. The van der Waals surface area contributed by atoms with E-state index >= 15 is 0 Å². The van der Waals surface area contributed by atoms with Crippen LogP contribution in [0.15, 0.2) is 24.5 Å². The average molecular weight is 198 g/mol. The molecule has 0 unspecified atom stereocenters. The Bertz CT molecular complexity index is 453. The van der Waals surface area contributed by atoms with Crippen LogP contribution in [-0.4, -0.2) is 16.5 Å². The van der Waals surface area contributed by atoms with Crippen LogP contribution < -0.4 is 4.74 Å². The molecule has 0 aliphatic rings. The first-order valence-corrected chi connectivity index (χ1v) is 4.02. The van der Waals surface area contributed by atoms with E-state index in [0.717, 1.165) is 0 Å². The maximum Gasteiger partial charge on any atom is 0.281 e. The van der Waals surface area contributed by atoms with Gasteiger partial charge in [0, 0.05) is 12.4 Å². The van der Waals surface area contributed by atoms with Crippen LogP contribution >= 0.6 is 0 Å². The number of alkyl halides is 2. The van der Waals surface area contributed by atoms with Crippen LogP contribution in [0.1, 0.15) is 12.1 Å². The third kappa shape index (κ3) is 1.30. The molecule has 0 aromatic carbocycles. The molecule has 5 heteroatoms. The Hall–Kier alpha value is -1.65. The number of aromatic nitrogens is 2. The van der Waals surface area contributed by atoms with Crippen LogP contribution in [0.4, 0.5) is 8.78 Å². The SMILES string of the molecule is COc1cccn2cc(C(F)F)nc12. The van der Waals surface area contributed by atoms with Gasteiger partial charge in [-0.3, -0.25) is 0 Å². The van der Waals surface area contributed by atoms with Gasteiger partial charge in [0.25, 0.3) is 6.43 Å². The third-order valence-electron chi connectivity index (χ3n) is 1.91. The summed E-state index contributed by atoms with van der Waals surface area (Å²) in [6.07, 6.45) is 0.388.